The van der Waals surface area contributed by atoms with Gasteiger partial charge in [0.2, 0.25) is 0 Å². The monoisotopic (exact) mass is 268 g/mol. The van der Waals surface area contributed by atoms with Gasteiger partial charge in [0.05, 0.1) is 18.3 Å². The maximum Gasteiger partial charge on any atom is 0.319 e. The third-order valence-corrected chi connectivity index (χ3v) is 2.61. The maximum atomic E-state index is 11.7. The molecule has 0 aromatic carbocycles. The van der Waals surface area contributed by atoms with E-state index in [1.165, 1.54) is 0 Å². The first-order valence-corrected chi connectivity index (χ1v) is 6.36. The number of anilines is 1. The summed E-state index contributed by atoms with van der Waals surface area (Å²) in [7, 11) is 0. The van der Waals surface area contributed by atoms with Gasteiger partial charge in [-0.3, -0.25) is 9.48 Å². The molecule has 0 spiro atoms. The predicted octanol–water partition coefficient (Wildman–Crippen LogP) is 1.67. The molecular formula is C12H20N4O3. The number of nitrogens with one attached hydrogen (secondary N) is 2. The highest BCUT2D eigenvalue weighted by Crippen LogP contribution is 2.06. The van der Waals surface area contributed by atoms with Gasteiger partial charge in [0.25, 0.3) is 0 Å². The van der Waals surface area contributed by atoms with Crippen molar-refractivity contribution in [2.45, 2.75) is 45.7 Å². The molecule has 1 heterocycles. The van der Waals surface area contributed by atoms with Crippen LogP contribution in [0.3, 0.4) is 0 Å². The van der Waals surface area contributed by atoms with Crippen LogP contribution in [0.15, 0.2) is 12.4 Å². The first-order chi connectivity index (χ1) is 9.05. The molecule has 0 fully saturated rings. The summed E-state index contributed by atoms with van der Waals surface area (Å²) in [6, 6.07) is -0.765. The van der Waals surface area contributed by atoms with Crippen molar-refractivity contribution in [2.75, 3.05) is 5.32 Å². The third-order valence-electron chi connectivity index (χ3n) is 2.61. The molecular weight excluding hydrogens is 248 g/mol. The molecule has 1 atom stereocenters. The lowest BCUT2D eigenvalue weighted by atomic mass is 10.1. The fourth-order valence-electron chi connectivity index (χ4n) is 1.74. The molecule has 0 aliphatic carbocycles. The zero-order valence-electron chi connectivity index (χ0n) is 11.2. The third kappa shape index (κ3) is 5.41. The topological polar surface area (TPSA) is 96.2 Å². The Hall–Kier alpha value is -2.05. The van der Waals surface area contributed by atoms with Gasteiger partial charge in [-0.25, -0.2) is 4.79 Å². The molecule has 7 nitrogen and oxygen atoms in total. The number of hydrogen-bond acceptors (Lipinski definition) is 3. The Kier molecular flexibility index (Phi) is 5.84. The van der Waals surface area contributed by atoms with Crippen LogP contribution in [0, 0.1) is 0 Å². The molecule has 1 unspecified atom stereocenters. The molecule has 3 N–H and O–H groups in total. The van der Waals surface area contributed by atoms with Gasteiger partial charge >= 0.3 is 12.0 Å². The molecule has 106 valence electrons. The normalized spacial score (nSPS) is 11.9. The summed E-state index contributed by atoms with van der Waals surface area (Å²) in [4.78, 5) is 22.4. The summed E-state index contributed by atoms with van der Waals surface area (Å²) in [5.41, 5.74) is 0.588. The van der Waals surface area contributed by atoms with E-state index in [0.717, 1.165) is 13.0 Å². The number of rotatable bonds is 7. The molecule has 1 aromatic heterocycles. The van der Waals surface area contributed by atoms with Crippen molar-refractivity contribution in [3.05, 3.63) is 12.4 Å². The van der Waals surface area contributed by atoms with E-state index in [4.69, 9.17) is 5.11 Å². The zero-order chi connectivity index (χ0) is 14.3. The van der Waals surface area contributed by atoms with Crippen molar-refractivity contribution in [3.63, 3.8) is 0 Å². The van der Waals surface area contributed by atoms with E-state index in [-0.39, 0.29) is 12.5 Å². The maximum absolute atomic E-state index is 11.7. The first kappa shape index (κ1) is 15.0. The van der Waals surface area contributed by atoms with Crippen LogP contribution in [0.25, 0.3) is 0 Å². The quantitative estimate of drug-likeness (QED) is 0.700. The van der Waals surface area contributed by atoms with Gasteiger partial charge in [-0.15, -0.1) is 0 Å². The summed E-state index contributed by atoms with van der Waals surface area (Å²) in [5, 5.41) is 18.1. The lowest BCUT2D eigenvalue weighted by Gasteiger charge is -2.16. The van der Waals surface area contributed by atoms with Crippen LogP contribution in [0.2, 0.25) is 0 Å². The lowest BCUT2D eigenvalue weighted by Crippen LogP contribution is -2.39. The molecule has 0 bridgehead atoms. The van der Waals surface area contributed by atoms with Crippen molar-refractivity contribution in [3.8, 4) is 0 Å². The van der Waals surface area contributed by atoms with Gasteiger partial charge in [-0.1, -0.05) is 13.3 Å². The number of carboxylic acids is 1. The van der Waals surface area contributed by atoms with Crippen LogP contribution in [-0.2, 0) is 11.3 Å². The Balaban J connectivity index is 2.49. The van der Waals surface area contributed by atoms with Crippen molar-refractivity contribution in [2.24, 2.45) is 0 Å². The van der Waals surface area contributed by atoms with E-state index in [1.54, 1.807) is 17.1 Å². The van der Waals surface area contributed by atoms with Gasteiger partial charge in [0.15, 0.2) is 0 Å². The summed E-state index contributed by atoms with van der Waals surface area (Å²) in [6.45, 7) is 4.61. The Labute approximate surface area is 112 Å². The second-order valence-corrected chi connectivity index (χ2v) is 4.27. The molecule has 1 rings (SSSR count). The van der Waals surface area contributed by atoms with Gasteiger partial charge in [-0.2, -0.15) is 5.10 Å². The summed E-state index contributed by atoms with van der Waals surface area (Å²) in [5.74, 6) is -0.919. The zero-order valence-corrected chi connectivity index (χ0v) is 11.2. The van der Waals surface area contributed by atoms with E-state index in [9.17, 15) is 9.59 Å². The molecule has 0 aliphatic heterocycles. The molecule has 0 saturated heterocycles. The van der Waals surface area contributed by atoms with Crippen LogP contribution < -0.4 is 10.6 Å². The summed E-state index contributed by atoms with van der Waals surface area (Å²) < 4.78 is 1.69. The Morgan fingerprint density at radius 2 is 2.21 bits per heavy atom. The smallest absolute Gasteiger partial charge is 0.319 e. The van der Waals surface area contributed by atoms with Crippen LogP contribution in [0.1, 0.15) is 33.1 Å². The summed E-state index contributed by atoms with van der Waals surface area (Å²) >= 11 is 0. The average molecular weight is 268 g/mol. The number of hydrogen-bond donors (Lipinski definition) is 3. The molecule has 0 radical (unpaired) electrons. The molecule has 7 heteroatoms. The lowest BCUT2D eigenvalue weighted by molar-refractivity contribution is -0.137. The Bertz CT molecular complexity index is 430. The van der Waals surface area contributed by atoms with Crippen LogP contribution in [0.5, 0.6) is 0 Å². The Morgan fingerprint density at radius 1 is 1.47 bits per heavy atom. The first-order valence-electron chi connectivity index (χ1n) is 6.36. The van der Waals surface area contributed by atoms with Crippen LogP contribution in [-0.4, -0.2) is 32.9 Å². The number of aryl methyl sites for hydroxylation is 1. The minimum atomic E-state index is -0.919. The number of aliphatic carboxylic acids is 1. The predicted molar refractivity (Wildman–Crippen MR) is 71.0 cm³/mol. The number of amides is 2. The SMILES string of the molecule is CCCC(CC(=O)O)NC(=O)Nc1cnn(CC)c1. The molecule has 2 amide bonds. The van der Waals surface area contributed by atoms with Gasteiger partial charge in [-0.05, 0) is 13.3 Å². The number of carboxylic acid groups (broad SMARTS) is 1. The minimum absolute atomic E-state index is 0.0739. The number of carbonyl (C=O) groups excluding carboxylic acids is 1. The van der Waals surface area contributed by atoms with Gasteiger partial charge in [0.1, 0.15) is 0 Å². The Morgan fingerprint density at radius 3 is 2.74 bits per heavy atom. The van der Waals surface area contributed by atoms with E-state index >= 15 is 0 Å². The standard InChI is InChI=1S/C12H20N4O3/c1-3-5-9(6-11(17)18)14-12(19)15-10-7-13-16(4-2)8-10/h7-9H,3-6H2,1-2H3,(H,17,18)(H2,14,15,19). The minimum Gasteiger partial charge on any atom is -0.481 e. The van der Waals surface area contributed by atoms with E-state index < -0.39 is 12.0 Å². The molecule has 0 saturated carbocycles. The van der Waals surface area contributed by atoms with Crippen molar-refractivity contribution >= 4 is 17.7 Å². The number of carbonyl (C=O) groups is 2. The largest absolute Gasteiger partial charge is 0.481 e. The second kappa shape index (κ2) is 7.40. The number of nitrogens with zero attached hydrogens (tertiary/aromatic N) is 2. The number of aromatic nitrogens is 2. The fourth-order valence-corrected chi connectivity index (χ4v) is 1.74. The molecule has 0 aliphatic rings. The molecule has 1 aromatic rings. The van der Waals surface area contributed by atoms with Gasteiger partial charge in [0, 0.05) is 18.8 Å². The molecule has 19 heavy (non-hydrogen) atoms. The fraction of sp³-hybridized carbons (Fsp3) is 0.583. The van der Waals surface area contributed by atoms with Crippen molar-refractivity contribution in [1.82, 2.24) is 15.1 Å². The van der Waals surface area contributed by atoms with Crippen LogP contribution >= 0.6 is 0 Å². The summed E-state index contributed by atoms with van der Waals surface area (Å²) in [6.07, 6.45) is 4.64. The van der Waals surface area contributed by atoms with E-state index in [0.29, 0.717) is 12.1 Å². The average Bonchev–Trinajstić information content (AvgIpc) is 2.75. The highest BCUT2D eigenvalue weighted by Gasteiger charge is 2.15. The van der Waals surface area contributed by atoms with Crippen molar-refractivity contribution < 1.29 is 14.7 Å². The highest BCUT2D eigenvalue weighted by atomic mass is 16.4. The number of urea groups is 1. The van der Waals surface area contributed by atoms with Crippen LogP contribution in [0.4, 0.5) is 10.5 Å². The van der Waals surface area contributed by atoms with Gasteiger partial charge < -0.3 is 15.7 Å². The highest BCUT2D eigenvalue weighted by molar-refractivity contribution is 5.89. The van der Waals surface area contributed by atoms with Crippen molar-refractivity contribution in [1.29, 1.82) is 0 Å². The van der Waals surface area contributed by atoms with E-state index in [2.05, 4.69) is 15.7 Å². The second-order valence-electron chi connectivity index (χ2n) is 4.27. The van der Waals surface area contributed by atoms with E-state index in [1.807, 2.05) is 13.8 Å².